The smallest absolute Gasteiger partial charge is 0.406 e. The molecule has 12 heteroatoms. The Morgan fingerprint density at radius 1 is 1.14 bits per heavy atom. The number of carbonyl (C=O) groups is 1. The summed E-state index contributed by atoms with van der Waals surface area (Å²) in [6.45, 7) is 0. The number of amides is 1. The molecule has 0 saturated carbocycles. The minimum Gasteiger partial charge on any atom is -0.406 e. The van der Waals surface area contributed by atoms with Crippen LogP contribution in [-0.4, -0.2) is 37.9 Å². The fourth-order valence-electron chi connectivity index (χ4n) is 2.14. The normalized spacial score (nSPS) is 11.2. The van der Waals surface area contributed by atoms with Crippen LogP contribution in [0.3, 0.4) is 0 Å². The quantitative estimate of drug-likeness (QED) is 0.475. The number of rotatable bonds is 6. The van der Waals surface area contributed by atoms with Gasteiger partial charge in [-0.1, -0.05) is 11.8 Å². The molecule has 0 spiro atoms. The van der Waals surface area contributed by atoms with E-state index in [-0.39, 0.29) is 17.4 Å². The molecule has 0 radical (unpaired) electrons. The standard InChI is InChI=1S/C16H13F3N6O2S/c17-16(18,19)27-12-3-1-11(2-4-12)22-13(26)9-28-15-24-23-14(25(15)20)10-5-7-21-8-6-10/h1-8H,9,20H2,(H,22,26). The molecule has 0 aliphatic rings. The minimum atomic E-state index is -4.77. The van der Waals surface area contributed by atoms with E-state index in [2.05, 4.69) is 25.2 Å². The highest BCUT2D eigenvalue weighted by atomic mass is 32.2. The van der Waals surface area contributed by atoms with Crippen LogP contribution >= 0.6 is 11.8 Å². The van der Waals surface area contributed by atoms with Crippen molar-refractivity contribution < 1.29 is 22.7 Å². The predicted octanol–water partition coefficient (Wildman–Crippen LogP) is 2.68. The summed E-state index contributed by atoms with van der Waals surface area (Å²) in [7, 11) is 0. The molecule has 8 nitrogen and oxygen atoms in total. The fourth-order valence-corrected chi connectivity index (χ4v) is 2.80. The van der Waals surface area contributed by atoms with Gasteiger partial charge >= 0.3 is 6.36 Å². The number of benzene rings is 1. The van der Waals surface area contributed by atoms with Gasteiger partial charge in [0.25, 0.3) is 0 Å². The van der Waals surface area contributed by atoms with E-state index in [9.17, 15) is 18.0 Å². The Morgan fingerprint density at radius 2 is 1.82 bits per heavy atom. The first-order valence-electron chi connectivity index (χ1n) is 7.71. The number of nitrogen functional groups attached to an aromatic ring is 1. The lowest BCUT2D eigenvalue weighted by Gasteiger charge is -2.10. The van der Waals surface area contributed by atoms with Crippen molar-refractivity contribution in [2.45, 2.75) is 11.5 Å². The van der Waals surface area contributed by atoms with E-state index in [0.29, 0.717) is 16.7 Å². The van der Waals surface area contributed by atoms with Crippen molar-refractivity contribution in [3.05, 3.63) is 48.8 Å². The molecule has 0 saturated heterocycles. The van der Waals surface area contributed by atoms with E-state index < -0.39 is 6.36 Å². The van der Waals surface area contributed by atoms with Crippen molar-refractivity contribution in [3.8, 4) is 17.1 Å². The van der Waals surface area contributed by atoms with E-state index >= 15 is 0 Å². The van der Waals surface area contributed by atoms with Gasteiger partial charge in [0.1, 0.15) is 5.75 Å². The summed E-state index contributed by atoms with van der Waals surface area (Å²) < 4.78 is 41.4. The highest BCUT2D eigenvalue weighted by molar-refractivity contribution is 7.99. The molecule has 1 amide bonds. The molecule has 0 aliphatic carbocycles. The first kappa shape index (κ1) is 19.5. The van der Waals surface area contributed by atoms with Gasteiger partial charge in [0.2, 0.25) is 11.1 Å². The molecule has 146 valence electrons. The lowest BCUT2D eigenvalue weighted by molar-refractivity contribution is -0.274. The lowest BCUT2D eigenvalue weighted by atomic mass is 10.2. The van der Waals surface area contributed by atoms with Crippen LogP contribution in [0.4, 0.5) is 18.9 Å². The van der Waals surface area contributed by atoms with Crippen LogP contribution < -0.4 is 15.9 Å². The van der Waals surface area contributed by atoms with Gasteiger partial charge in [0, 0.05) is 23.6 Å². The molecule has 2 heterocycles. The number of nitrogens with zero attached hydrogens (tertiary/aromatic N) is 4. The Hall–Kier alpha value is -3.28. The summed E-state index contributed by atoms with van der Waals surface area (Å²) in [4.78, 5) is 15.9. The van der Waals surface area contributed by atoms with Gasteiger partial charge in [-0.3, -0.25) is 9.78 Å². The molecule has 2 aromatic heterocycles. The maximum atomic E-state index is 12.1. The maximum Gasteiger partial charge on any atom is 0.573 e. The summed E-state index contributed by atoms with van der Waals surface area (Å²) in [6, 6.07) is 8.26. The molecule has 0 unspecified atom stereocenters. The van der Waals surface area contributed by atoms with E-state index in [1.54, 1.807) is 24.5 Å². The molecule has 3 aromatic rings. The lowest BCUT2D eigenvalue weighted by Crippen LogP contribution is -2.17. The molecule has 0 aliphatic heterocycles. The predicted molar refractivity (Wildman–Crippen MR) is 95.9 cm³/mol. The second kappa shape index (κ2) is 8.17. The van der Waals surface area contributed by atoms with Gasteiger partial charge in [0.05, 0.1) is 5.75 Å². The molecule has 1 aromatic carbocycles. The maximum absolute atomic E-state index is 12.1. The molecule has 0 atom stereocenters. The number of nitrogens with two attached hydrogens (primary N) is 1. The summed E-state index contributed by atoms with van der Waals surface area (Å²) in [5.41, 5.74) is 1.05. The van der Waals surface area contributed by atoms with E-state index in [0.717, 1.165) is 29.5 Å². The summed E-state index contributed by atoms with van der Waals surface area (Å²) in [5.74, 6) is 5.59. The average molecular weight is 410 g/mol. The average Bonchev–Trinajstić information content (AvgIpc) is 3.02. The zero-order valence-electron chi connectivity index (χ0n) is 14.1. The Kier molecular flexibility index (Phi) is 5.68. The molecule has 3 N–H and O–H groups in total. The number of thioether (sulfide) groups is 1. The van der Waals surface area contributed by atoms with Gasteiger partial charge in [-0.15, -0.1) is 23.4 Å². The second-order valence-electron chi connectivity index (χ2n) is 5.32. The Morgan fingerprint density at radius 3 is 2.46 bits per heavy atom. The Balaban J connectivity index is 1.56. The topological polar surface area (TPSA) is 108 Å². The summed E-state index contributed by atoms with van der Waals surface area (Å²) >= 11 is 1.06. The SMILES string of the molecule is Nn1c(SCC(=O)Nc2ccc(OC(F)(F)F)cc2)nnc1-c1ccncc1. The van der Waals surface area contributed by atoms with Gasteiger partial charge in [-0.25, -0.2) is 4.68 Å². The van der Waals surface area contributed by atoms with Gasteiger partial charge in [-0.05, 0) is 36.4 Å². The number of aromatic nitrogens is 4. The Bertz CT molecular complexity index is 947. The number of hydrogen-bond donors (Lipinski definition) is 2. The molecule has 0 fully saturated rings. The molecule has 0 bridgehead atoms. The van der Waals surface area contributed by atoms with Gasteiger partial charge in [0.15, 0.2) is 5.82 Å². The van der Waals surface area contributed by atoms with Crippen LogP contribution in [0.15, 0.2) is 53.9 Å². The Labute approximate surface area is 160 Å². The molecular weight excluding hydrogens is 397 g/mol. The molecule has 28 heavy (non-hydrogen) atoms. The number of pyridine rings is 1. The van der Waals surface area contributed by atoms with Crippen molar-refractivity contribution in [3.63, 3.8) is 0 Å². The number of anilines is 1. The number of halogens is 3. The second-order valence-corrected chi connectivity index (χ2v) is 6.26. The third-order valence-electron chi connectivity index (χ3n) is 3.31. The largest absolute Gasteiger partial charge is 0.573 e. The number of ether oxygens (including phenoxy) is 1. The summed E-state index contributed by atoms with van der Waals surface area (Å²) in [6.07, 6.45) is -1.58. The third-order valence-corrected chi connectivity index (χ3v) is 4.25. The zero-order valence-corrected chi connectivity index (χ0v) is 14.9. The van der Waals surface area contributed by atoms with Crippen LogP contribution in [0.25, 0.3) is 11.4 Å². The van der Waals surface area contributed by atoms with Crippen LogP contribution in [0.1, 0.15) is 0 Å². The zero-order chi connectivity index (χ0) is 20.1. The van der Waals surface area contributed by atoms with E-state index in [4.69, 9.17) is 5.84 Å². The first-order chi connectivity index (χ1) is 13.3. The number of hydrogen-bond acceptors (Lipinski definition) is 7. The van der Waals surface area contributed by atoms with E-state index in [1.165, 1.54) is 16.8 Å². The van der Waals surface area contributed by atoms with Crippen LogP contribution in [-0.2, 0) is 4.79 Å². The third kappa shape index (κ3) is 5.13. The fraction of sp³-hybridized carbons (Fsp3) is 0.125. The van der Waals surface area contributed by atoms with Crippen LogP contribution in [0, 0.1) is 0 Å². The van der Waals surface area contributed by atoms with Crippen molar-refractivity contribution in [2.24, 2.45) is 0 Å². The van der Waals surface area contributed by atoms with E-state index in [1.807, 2.05) is 0 Å². The molecular formula is C16H13F3N6O2S. The minimum absolute atomic E-state index is 0.0213. The van der Waals surface area contributed by atoms with Gasteiger partial charge in [-0.2, -0.15) is 0 Å². The van der Waals surface area contributed by atoms with Crippen molar-refractivity contribution in [1.82, 2.24) is 19.9 Å². The van der Waals surface area contributed by atoms with Crippen molar-refractivity contribution >= 4 is 23.4 Å². The highest BCUT2D eigenvalue weighted by Gasteiger charge is 2.30. The van der Waals surface area contributed by atoms with Crippen molar-refractivity contribution in [1.29, 1.82) is 0 Å². The first-order valence-corrected chi connectivity index (χ1v) is 8.70. The number of carbonyl (C=O) groups excluding carboxylic acids is 1. The highest BCUT2D eigenvalue weighted by Crippen LogP contribution is 2.24. The van der Waals surface area contributed by atoms with Gasteiger partial charge < -0.3 is 15.9 Å². The summed E-state index contributed by atoms with van der Waals surface area (Å²) in [5, 5.41) is 10.8. The number of alkyl halides is 3. The number of nitrogens with one attached hydrogen (secondary N) is 1. The monoisotopic (exact) mass is 410 g/mol. The van der Waals surface area contributed by atoms with Crippen molar-refractivity contribution in [2.75, 3.05) is 16.9 Å². The van der Waals surface area contributed by atoms with Crippen LogP contribution in [0.2, 0.25) is 0 Å². The van der Waals surface area contributed by atoms with Crippen LogP contribution in [0.5, 0.6) is 5.75 Å². The molecule has 3 rings (SSSR count).